The summed E-state index contributed by atoms with van der Waals surface area (Å²) in [6.45, 7) is 7.08. The molecule has 1 rings (SSSR count). The molecule has 0 radical (unpaired) electrons. The van der Waals surface area contributed by atoms with Gasteiger partial charge in [-0.05, 0) is 18.6 Å². The number of rotatable bonds is 6. The molecule has 102 valence electrons. The molecule has 0 saturated heterocycles. The van der Waals surface area contributed by atoms with Gasteiger partial charge in [0.25, 0.3) is 0 Å². The molecule has 0 saturated carbocycles. The van der Waals surface area contributed by atoms with Crippen LogP contribution < -0.4 is 10.6 Å². The van der Waals surface area contributed by atoms with Gasteiger partial charge in [-0.3, -0.25) is 4.79 Å². The van der Waals surface area contributed by atoms with Crippen molar-refractivity contribution in [2.45, 2.75) is 26.8 Å². The van der Waals surface area contributed by atoms with E-state index in [1.165, 1.54) is 11.3 Å². The van der Waals surface area contributed by atoms with Gasteiger partial charge < -0.3 is 10.6 Å². The van der Waals surface area contributed by atoms with Crippen molar-refractivity contribution in [2.24, 2.45) is 5.92 Å². The van der Waals surface area contributed by atoms with Gasteiger partial charge in [0.15, 0.2) is 0 Å². The third-order valence-corrected chi connectivity index (χ3v) is 4.07. The summed E-state index contributed by atoms with van der Waals surface area (Å²) in [6.07, 6.45) is 0. The Labute approximate surface area is 122 Å². The van der Waals surface area contributed by atoms with Gasteiger partial charge in [-0.15, -0.1) is 11.3 Å². The maximum atomic E-state index is 11.3. The lowest BCUT2D eigenvalue weighted by molar-refractivity contribution is -0.123. The molecule has 1 aromatic rings. The Morgan fingerprint density at radius 2 is 2.00 bits per heavy atom. The van der Waals surface area contributed by atoms with Crippen LogP contribution in [-0.4, -0.2) is 19.0 Å². The summed E-state index contributed by atoms with van der Waals surface area (Å²) in [4.78, 5) is 11.3. The number of halogens is 2. The molecule has 0 aliphatic carbocycles. The van der Waals surface area contributed by atoms with E-state index in [1.807, 2.05) is 26.8 Å². The van der Waals surface area contributed by atoms with Crippen molar-refractivity contribution in [3.8, 4) is 0 Å². The second-order valence-electron chi connectivity index (χ2n) is 4.40. The molecule has 3 nitrogen and oxygen atoms in total. The number of carbonyl (C=O) groups excluding carboxylic acids is 1. The molecular formula is C12H18Cl2N2OS. The summed E-state index contributed by atoms with van der Waals surface area (Å²) < 4.78 is 1.41. The van der Waals surface area contributed by atoms with Crippen LogP contribution in [0.3, 0.4) is 0 Å². The number of amides is 1. The van der Waals surface area contributed by atoms with Gasteiger partial charge >= 0.3 is 0 Å². The zero-order valence-electron chi connectivity index (χ0n) is 10.7. The Bertz CT molecular complexity index is 407. The molecule has 6 heteroatoms. The summed E-state index contributed by atoms with van der Waals surface area (Å²) >= 11 is 13.3. The minimum absolute atomic E-state index is 0.0209. The normalized spacial score (nSPS) is 12.8. The first kappa shape index (κ1) is 15.8. The maximum absolute atomic E-state index is 11.3. The van der Waals surface area contributed by atoms with Crippen molar-refractivity contribution < 1.29 is 4.79 Å². The van der Waals surface area contributed by atoms with Crippen LogP contribution in [0.15, 0.2) is 6.07 Å². The van der Waals surface area contributed by atoms with Crippen LogP contribution in [0.5, 0.6) is 0 Å². The van der Waals surface area contributed by atoms with E-state index in [2.05, 4.69) is 10.6 Å². The highest BCUT2D eigenvalue weighted by molar-refractivity contribution is 7.20. The van der Waals surface area contributed by atoms with Crippen molar-refractivity contribution in [1.29, 1.82) is 0 Å². The van der Waals surface area contributed by atoms with Gasteiger partial charge in [0.2, 0.25) is 5.91 Å². The summed E-state index contributed by atoms with van der Waals surface area (Å²) in [5.74, 6) is 0.0913. The standard InChI is InChI=1S/C12H18Cl2N2OS/c1-7(2)12(17)16-5-4-15-8(3)9-6-10(13)18-11(9)14/h6-8,15H,4-5H2,1-3H3,(H,16,17). The molecule has 1 atom stereocenters. The first-order valence-corrected chi connectivity index (χ1v) is 7.45. The Kier molecular flexibility index (Phi) is 6.43. The second-order valence-corrected chi connectivity index (χ2v) is 6.69. The van der Waals surface area contributed by atoms with Crippen LogP contribution in [-0.2, 0) is 4.79 Å². The second kappa shape index (κ2) is 7.34. The number of nitrogens with one attached hydrogen (secondary N) is 2. The molecule has 0 bridgehead atoms. The summed E-state index contributed by atoms with van der Waals surface area (Å²) in [5.41, 5.74) is 1.00. The van der Waals surface area contributed by atoms with E-state index < -0.39 is 0 Å². The summed E-state index contributed by atoms with van der Waals surface area (Å²) in [6, 6.07) is 2.00. The van der Waals surface area contributed by atoms with E-state index in [-0.39, 0.29) is 17.9 Å². The van der Waals surface area contributed by atoms with Gasteiger partial charge in [-0.1, -0.05) is 37.0 Å². The molecule has 1 amide bonds. The quantitative estimate of drug-likeness (QED) is 0.790. The van der Waals surface area contributed by atoms with Gasteiger partial charge in [0.05, 0.1) is 8.67 Å². The molecule has 0 fully saturated rings. The van der Waals surface area contributed by atoms with Crippen LogP contribution in [0.1, 0.15) is 32.4 Å². The van der Waals surface area contributed by atoms with Gasteiger partial charge in [-0.25, -0.2) is 0 Å². The Morgan fingerprint density at radius 1 is 1.33 bits per heavy atom. The third-order valence-electron chi connectivity index (χ3n) is 2.55. The largest absolute Gasteiger partial charge is 0.355 e. The molecule has 1 unspecified atom stereocenters. The van der Waals surface area contributed by atoms with Crippen molar-refractivity contribution in [1.82, 2.24) is 10.6 Å². The van der Waals surface area contributed by atoms with Crippen molar-refractivity contribution in [2.75, 3.05) is 13.1 Å². The van der Waals surface area contributed by atoms with E-state index in [0.717, 1.165) is 5.56 Å². The molecular weight excluding hydrogens is 291 g/mol. The topological polar surface area (TPSA) is 41.1 Å². The predicted octanol–water partition coefficient (Wildman–Crippen LogP) is 3.48. The van der Waals surface area contributed by atoms with E-state index in [0.29, 0.717) is 21.8 Å². The van der Waals surface area contributed by atoms with E-state index in [1.54, 1.807) is 0 Å². The number of hydrogen-bond donors (Lipinski definition) is 2. The fourth-order valence-electron chi connectivity index (χ4n) is 1.44. The molecule has 0 spiro atoms. The van der Waals surface area contributed by atoms with E-state index in [9.17, 15) is 4.79 Å². The van der Waals surface area contributed by atoms with E-state index >= 15 is 0 Å². The monoisotopic (exact) mass is 308 g/mol. The molecule has 0 aliphatic rings. The van der Waals surface area contributed by atoms with Gasteiger partial charge in [0, 0.05) is 25.0 Å². The fourth-order valence-corrected chi connectivity index (χ4v) is 3.08. The fraction of sp³-hybridized carbons (Fsp3) is 0.583. The SMILES string of the molecule is CC(C)C(=O)NCCNC(C)c1cc(Cl)sc1Cl. The predicted molar refractivity (Wildman–Crippen MR) is 78.6 cm³/mol. The molecule has 1 heterocycles. The molecule has 0 aromatic carbocycles. The highest BCUT2D eigenvalue weighted by Gasteiger charge is 2.12. The lowest BCUT2D eigenvalue weighted by Gasteiger charge is -2.14. The zero-order valence-corrected chi connectivity index (χ0v) is 13.0. The average Bonchev–Trinajstić information content (AvgIpc) is 2.63. The van der Waals surface area contributed by atoms with Crippen LogP contribution >= 0.6 is 34.5 Å². The Morgan fingerprint density at radius 3 is 2.50 bits per heavy atom. The number of hydrogen-bond acceptors (Lipinski definition) is 3. The average molecular weight is 309 g/mol. The highest BCUT2D eigenvalue weighted by Crippen LogP contribution is 2.34. The van der Waals surface area contributed by atoms with Crippen LogP contribution in [0, 0.1) is 5.92 Å². The Hall–Kier alpha value is -0.290. The third kappa shape index (κ3) is 4.76. The number of carbonyl (C=O) groups is 1. The summed E-state index contributed by atoms with van der Waals surface area (Å²) in [7, 11) is 0. The van der Waals surface area contributed by atoms with Crippen LogP contribution in [0.2, 0.25) is 8.67 Å². The maximum Gasteiger partial charge on any atom is 0.222 e. The van der Waals surface area contributed by atoms with Crippen LogP contribution in [0.4, 0.5) is 0 Å². The first-order chi connectivity index (χ1) is 8.41. The lowest BCUT2D eigenvalue weighted by Crippen LogP contribution is -2.35. The molecule has 18 heavy (non-hydrogen) atoms. The van der Waals surface area contributed by atoms with Crippen LogP contribution in [0.25, 0.3) is 0 Å². The lowest BCUT2D eigenvalue weighted by atomic mass is 10.2. The van der Waals surface area contributed by atoms with Crippen molar-refractivity contribution in [3.05, 3.63) is 20.3 Å². The van der Waals surface area contributed by atoms with Crippen molar-refractivity contribution in [3.63, 3.8) is 0 Å². The summed E-state index contributed by atoms with van der Waals surface area (Å²) in [5, 5.41) is 6.15. The molecule has 0 aliphatic heterocycles. The first-order valence-electron chi connectivity index (χ1n) is 5.87. The minimum Gasteiger partial charge on any atom is -0.355 e. The van der Waals surface area contributed by atoms with Gasteiger partial charge in [0.1, 0.15) is 0 Å². The zero-order chi connectivity index (χ0) is 13.7. The molecule has 1 aromatic heterocycles. The van der Waals surface area contributed by atoms with E-state index in [4.69, 9.17) is 23.2 Å². The minimum atomic E-state index is 0.0209. The molecule has 2 N–H and O–H groups in total. The number of thiophene rings is 1. The van der Waals surface area contributed by atoms with Crippen molar-refractivity contribution >= 4 is 40.4 Å². The Balaban J connectivity index is 2.32. The van der Waals surface area contributed by atoms with Gasteiger partial charge in [-0.2, -0.15) is 0 Å². The smallest absolute Gasteiger partial charge is 0.222 e. The highest BCUT2D eigenvalue weighted by atomic mass is 35.5.